The summed E-state index contributed by atoms with van der Waals surface area (Å²) in [6, 6.07) is 16.2. The Morgan fingerprint density at radius 1 is 0.964 bits per heavy atom. The van der Waals surface area contributed by atoms with E-state index >= 15 is 0 Å². The van der Waals surface area contributed by atoms with Gasteiger partial charge in [-0.05, 0) is 55.4 Å². The van der Waals surface area contributed by atoms with Crippen molar-refractivity contribution in [3.63, 3.8) is 0 Å². The first-order chi connectivity index (χ1) is 12.6. The first-order valence-electron chi connectivity index (χ1n) is 9.30. The van der Waals surface area contributed by atoms with E-state index in [1.54, 1.807) is 0 Å². The van der Waals surface area contributed by atoms with Crippen molar-refractivity contribution in [1.29, 1.82) is 0 Å². The molecule has 1 saturated carbocycles. The molecule has 0 spiro atoms. The molecule has 7 heteroatoms. The van der Waals surface area contributed by atoms with E-state index in [4.69, 9.17) is 5.73 Å². The average molecular weight is 423 g/mol. The minimum atomic E-state index is -0.0780. The van der Waals surface area contributed by atoms with Crippen LogP contribution in [0, 0.1) is 0 Å². The second-order valence-electron chi connectivity index (χ2n) is 7.42. The summed E-state index contributed by atoms with van der Waals surface area (Å²) in [5.41, 5.74) is 9.82. The minimum absolute atomic E-state index is 0. The number of hydrogen-bond acceptors (Lipinski definition) is 4. The highest BCUT2D eigenvalue weighted by Gasteiger charge is 2.34. The van der Waals surface area contributed by atoms with Gasteiger partial charge in [-0.1, -0.05) is 12.1 Å². The topological polar surface area (TPSA) is 61.6 Å². The summed E-state index contributed by atoms with van der Waals surface area (Å²) in [7, 11) is 2.15. The summed E-state index contributed by atoms with van der Waals surface area (Å²) in [6.45, 7) is 4.20. The number of hydrogen-bond donors (Lipinski definition) is 2. The van der Waals surface area contributed by atoms with Crippen molar-refractivity contribution in [2.45, 2.75) is 18.4 Å². The second-order valence-corrected chi connectivity index (χ2v) is 7.42. The third kappa shape index (κ3) is 5.17. The Morgan fingerprint density at radius 3 is 2.07 bits per heavy atom. The number of halogens is 2. The lowest BCUT2D eigenvalue weighted by Gasteiger charge is -2.34. The van der Waals surface area contributed by atoms with Gasteiger partial charge in [-0.15, -0.1) is 24.8 Å². The number of piperazine rings is 1. The molecule has 0 radical (unpaired) electrons. The number of anilines is 2. The minimum Gasteiger partial charge on any atom is -0.369 e. The molecule has 2 atom stereocenters. The Labute approximate surface area is 179 Å². The molecule has 152 valence electrons. The Balaban J connectivity index is 0.00000140. The molecule has 1 saturated heterocycles. The summed E-state index contributed by atoms with van der Waals surface area (Å²) in [5.74, 6) is 0.410. The van der Waals surface area contributed by atoms with E-state index in [1.807, 2.05) is 36.4 Å². The van der Waals surface area contributed by atoms with Crippen molar-refractivity contribution < 1.29 is 4.79 Å². The van der Waals surface area contributed by atoms with Crippen LogP contribution in [0.4, 0.5) is 11.4 Å². The number of benzene rings is 2. The molecule has 2 fully saturated rings. The van der Waals surface area contributed by atoms with Crippen LogP contribution in [0.3, 0.4) is 0 Å². The highest BCUT2D eigenvalue weighted by Crippen LogP contribution is 2.39. The highest BCUT2D eigenvalue weighted by atomic mass is 35.5. The lowest BCUT2D eigenvalue weighted by atomic mass is 10.1. The summed E-state index contributed by atoms with van der Waals surface area (Å²) in [6.07, 6.45) is 1.06. The van der Waals surface area contributed by atoms with E-state index in [1.165, 1.54) is 11.3 Å². The number of nitrogens with one attached hydrogen (secondary N) is 1. The Hall–Kier alpha value is -1.79. The van der Waals surface area contributed by atoms with Crippen molar-refractivity contribution in [1.82, 2.24) is 4.90 Å². The fraction of sp³-hybridized carbons (Fsp3) is 0.381. The molecule has 2 aromatic carbocycles. The zero-order valence-corrected chi connectivity index (χ0v) is 17.6. The monoisotopic (exact) mass is 422 g/mol. The molecule has 5 nitrogen and oxygen atoms in total. The van der Waals surface area contributed by atoms with Crippen LogP contribution in [0.1, 0.15) is 28.3 Å². The van der Waals surface area contributed by atoms with Crippen molar-refractivity contribution in [3.8, 4) is 0 Å². The Morgan fingerprint density at radius 2 is 1.54 bits per heavy atom. The van der Waals surface area contributed by atoms with E-state index in [0.29, 0.717) is 17.5 Å². The highest BCUT2D eigenvalue weighted by molar-refractivity contribution is 6.04. The molecule has 1 amide bonds. The van der Waals surface area contributed by atoms with Gasteiger partial charge in [-0.25, -0.2) is 0 Å². The predicted molar refractivity (Wildman–Crippen MR) is 120 cm³/mol. The Bertz CT molecular complexity index is 774. The number of carbonyl (C=O) groups is 1. The summed E-state index contributed by atoms with van der Waals surface area (Å²) >= 11 is 0. The first-order valence-corrected chi connectivity index (χ1v) is 9.30. The number of nitrogens with two attached hydrogens (primary N) is 1. The number of likely N-dealkylation sites (N-methyl/N-ethyl adjacent to an activating group) is 1. The molecule has 1 aliphatic heterocycles. The quantitative estimate of drug-likeness (QED) is 0.792. The Kier molecular flexibility index (Phi) is 7.72. The zero-order valence-electron chi connectivity index (χ0n) is 16.0. The molecule has 28 heavy (non-hydrogen) atoms. The molecule has 3 N–H and O–H groups in total. The molecule has 0 bridgehead atoms. The first kappa shape index (κ1) is 22.5. The lowest BCUT2D eigenvalue weighted by molar-refractivity contribution is 0.102. The van der Waals surface area contributed by atoms with Crippen LogP contribution in [0.5, 0.6) is 0 Å². The van der Waals surface area contributed by atoms with Crippen LogP contribution >= 0.6 is 24.8 Å². The van der Waals surface area contributed by atoms with Gasteiger partial charge in [0.25, 0.3) is 5.91 Å². The zero-order chi connectivity index (χ0) is 18.1. The SMILES string of the molecule is CN1CCN(c2ccc(C(=O)Nc3ccc([C@H]4C[C@@H]4N)cc3)cc2)CC1.Cl.Cl. The van der Waals surface area contributed by atoms with Gasteiger partial charge in [0.2, 0.25) is 0 Å². The smallest absolute Gasteiger partial charge is 0.255 e. The van der Waals surface area contributed by atoms with Crippen LogP contribution in [0.25, 0.3) is 0 Å². The summed E-state index contributed by atoms with van der Waals surface area (Å²) < 4.78 is 0. The maximum atomic E-state index is 12.5. The van der Waals surface area contributed by atoms with Gasteiger partial charge in [0, 0.05) is 55.1 Å². The van der Waals surface area contributed by atoms with Crippen LogP contribution in [0.15, 0.2) is 48.5 Å². The van der Waals surface area contributed by atoms with Crippen LogP contribution in [0.2, 0.25) is 0 Å². The standard InChI is InChI=1S/C21H26N4O.2ClH/c1-24-10-12-25(13-11-24)18-8-4-16(5-9-18)21(26)23-17-6-2-15(3-7-17)19-14-20(19)22;;/h2-9,19-20H,10-14,22H2,1H3,(H,23,26);2*1H/t19-,20+;;/m1../s1. The van der Waals surface area contributed by atoms with E-state index in [0.717, 1.165) is 38.3 Å². The van der Waals surface area contributed by atoms with Gasteiger partial charge in [-0.3, -0.25) is 4.79 Å². The third-order valence-electron chi connectivity index (χ3n) is 5.43. The van der Waals surface area contributed by atoms with Gasteiger partial charge in [0.15, 0.2) is 0 Å². The fourth-order valence-electron chi connectivity index (χ4n) is 3.50. The average Bonchev–Trinajstić information content (AvgIpc) is 3.40. The molecular formula is C21H28Cl2N4O. The van der Waals surface area contributed by atoms with Gasteiger partial charge < -0.3 is 20.9 Å². The molecule has 2 aromatic rings. The number of rotatable bonds is 4. The maximum Gasteiger partial charge on any atom is 0.255 e. The van der Waals surface area contributed by atoms with Gasteiger partial charge >= 0.3 is 0 Å². The van der Waals surface area contributed by atoms with Crippen LogP contribution in [-0.2, 0) is 0 Å². The van der Waals surface area contributed by atoms with Crippen molar-refractivity contribution in [3.05, 3.63) is 59.7 Å². The summed E-state index contributed by atoms with van der Waals surface area (Å²) in [5, 5.41) is 2.97. The molecule has 0 unspecified atom stereocenters. The van der Waals surface area contributed by atoms with Crippen LogP contribution in [-0.4, -0.2) is 50.1 Å². The van der Waals surface area contributed by atoms with Crippen molar-refractivity contribution in [2.24, 2.45) is 5.73 Å². The molecule has 0 aromatic heterocycles. The number of nitrogens with zero attached hydrogens (tertiary/aromatic N) is 2. The fourth-order valence-corrected chi connectivity index (χ4v) is 3.50. The normalized spacial score (nSPS) is 21.3. The van der Waals surface area contributed by atoms with Gasteiger partial charge in [0.05, 0.1) is 0 Å². The molecule has 1 aliphatic carbocycles. The van der Waals surface area contributed by atoms with Crippen LogP contribution < -0.4 is 16.0 Å². The van der Waals surface area contributed by atoms with Gasteiger partial charge in [0.1, 0.15) is 0 Å². The van der Waals surface area contributed by atoms with Gasteiger partial charge in [-0.2, -0.15) is 0 Å². The van der Waals surface area contributed by atoms with E-state index in [-0.39, 0.29) is 30.7 Å². The van der Waals surface area contributed by atoms with E-state index < -0.39 is 0 Å². The lowest BCUT2D eigenvalue weighted by Crippen LogP contribution is -2.44. The number of amides is 1. The maximum absolute atomic E-state index is 12.5. The molecule has 1 heterocycles. The largest absolute Gasteiger partial charge is 0.369 e. The predicted octanol–water partition coefficient (Wildman–Crippen LogP) is 3.35. The molecule has 2 aliphatic rings. The van der Waals surface area contributed by atoms with E-state index in [9.17, 15) is 4.79 Å². The van der Waals surface area contributed by atoms with Crippen molar-refractivity contribution >= 4 is 42.1 Å². The second kappa shape index (κ2) is 9.61. The third-order valence-corrected chi connectivity index (χ3v) is 5.43. The van der Waals surface area contributed by atoms with Crippen molar-refractivity contribution in [2.75, 3.05) is 43.4 Å². The van der Waals surface area contributed by atoms with E-state index in [2.05, 4.69) is 34.3 Å². The summed E-state index contributed by atoms with van der Waals surface area (Å²) in [4.78, 5) is 17.2. The molecule has 4 rings (SSSR count). The number of carbonyl (C=O) groups excluding carboxylic acids is 1. The molecular weight excluding hydrogens is 395 g/mol.